The number of carbonyl (C=O) groups is 1. The van der Waals surface area contributed by atoms with Crippen molar-refractivity contribution in [2.75, 3.05) is 5.32 Å². The van der Waals surface area contributed by atoms with Crippen LogP contribution < -0.4 is 5.32 Å². The van der Waals surface area contributed by atoms with Gasteiger partial charge in [0.15, 0.2) is 0 Å². The van der Waals surface area contributed by atoms with Gasteiger partial charge in [0, 0.05) is 18.0 Å². The molecule has 0 bridgehead atoms. The van der Waals surface area contributed by atoms with Crippen LogP contribution in [0, 0.1) is 0 Å². The molecule has 0 fully saturated rings. The van der Waals surface area contributed by atoms with Gasteiger partial charge in [0.1, 0.15) is 6.61 Å². The van der Waals surface area contributed by atoms with Gasteiger partial charge in [-0.25, -0.2) is 0 Å². The molecule has 1 aromatic carbocycles. The Labute approximate surface area is 173 Å². The monoisotopic (exact) mass is 438 g/mol. The quantitative estimate of drug-likeness (QED) is 0.575. The van der Waals surface area contributed by atoms with E-state index in [4.69, 9.17) is 21.1 Å². The van der Waals surface area contributed by atoms with Crippen LogP contribution in [0.1, 0.15) is 24.1 Å². The highest BCUT2D eigenvalue weighted by molar-refractivity contribution is 6.32. The Balaban J connectivity index is 1.73. The molecule has 0 unspecified atom stereocenters. The van der Waals surface area contributed by atoms with Crippen molar-refractivity contribution < 1.29 is 27.5 Å². The van der Waals surface area contributed by atoms with Crippen molar-refractivity contribution in [3.05, 3.63) is 64.8 Å². The third kappa shape index (κ3) is 5.02. The van der Waals surface area contributed by atoms with Crippen LogP contribution in [0.5, 0.6) is 0 Å². The lowest BCUT2D eigenvalue weighted by atomic mass is 10.1. The van der Waals surface area contributed by atoms with Crippen molar-refractivity contribution in [1.82, 2.24) is 15.2 Å². The molecule has 11 heteroatoms. The number of aliphatic hydroxyl groups excluding tert-OH is 1. The Hall–Kier alpha value is -3.24. The van der Waals surface area contributed by atoms with E-state index in [1.807, 2.05) is 0 Å². The first kappa shape index (κ1) is 21.5. The molecule has 3 aromatic rings. The minimum atomic E-state index is -4.45. The molecule has 2 N–H and O–H groups in total. The van der Waals surface area contributed by atoms with Gasteiger partial charge in [-0.05, 0) is 42.8 Å². The second-order valence-corrected chi connectivity index (χ2v) is 6.51. The minimum absolute atomic E-state index is 0.0428. The predicted molar refractivity (Wildman–Crippen MR) is 102 cm³/mol. The van der Waals surface area contributed by atoms with Crippen molar-refractivity contribution in [2.24, 2.45) is 0 Å². The molecule has 7 nitrogen and oxygen atoms in total. The van der Waals surface area contributed by atoms with Crippen LogP contribution in [0.2, 0.25) is 5.02 Å². The highest BCUT2D eigenvalue weighted by Gasteiger charge is 2.29. The summed E-state index contributed by atoms with van der Waals surface area (Å²) in [5.74, 6) is -0.387. The first-order chi connectivity index (χ1) is 14.2. The molecule has 30 heavy (non-hydrogen) atoms. The molecule has 1 amide bonds. The van der Waals surface area contributed by atoms with Gasteiger partial charge >= 0.3 is 6.18 Å². The van der Waals surface area contributed by atoms with E-state index >= 15 is 0 Å². The SMILES string of the molecule is CC(=CC(=O)Nc1ccc(C(F)(F)F)cc1)c1ncc(-c2nnc(CO)o2)cc1Cl. The molecule has 0 atom stereocenters. The molecular formula is C19H14ClF3N4O3. The summed E-state index contributed by atoms with van der Waals surface area (Å²) < 4.78 is 43.0. The third-order valence-electron chi connectivity index (χ3n) is 3.89. The molecule has 0 saturated carbocycles. The van der Waals surface area contributed by atoms with Gasteiger partial charge in [-0.3, -0.25) is 9.78 Å². The molecule has 156 valence electrons. The number of alkyl halides is 3. The normalized spacial score (nSPS) is 12.1. The number of carbonyl (C=O) groups excluding carboxylic acids is 1. The fraction of sp³-hybridized carbons (Fsp3) is 0.158. The van der Waals surface area contributed by atoms with E-state index < -0.39 is 24.3 Å². The van der Waals surface area contributed by atoms with Crippen molar-refractivity contribution in [3.8, 4) is 11.5 Å². The third-order valence-corrected chi connectivity index (χ3v) is 4.18. The second kappa shape index (κ2) is 8.64. The average molecular weight is 439 g/mol. The Morgan fingerprint density at radius 1 is 1.27 bits per heavy atom. The van der Waals surface area contributed by atoms with Crippen LogP contribution in [-0.2, 0) is 17.6 Å². The number of anilines is 1. The highest BCUT2D eigenvalue weighted by Crippen LogP contribution is 2.30. The lowest BCUT2D eigenvalue weighted by Gasteiger charge is -2.08. The van der Waals surface area contributed by atoms with Crippen LogP contribution >= 0.6 is 11.6 Å². The van der Waals surface area contributed by atoms with E-state index in [0.717, 1.165) is 24.3 Å². The molecular weight excluding hydrogens is 425 g/mol. The van der Waals surface area contributed by atoms with Gasteiger partial charge in [-0.1, -0.05) is 11.6 Å². The Kier molecular flexibility index (Phi) is 6.18. The fourth-order valence-electron chi connectivity index (χ4n) is 2.47. The molecule has 0 aliphatic carbocycles. The molecule has 0 radical (unpaired) electrons. The molecule has 2 aromatic heterocycles. The lowest BCUT2D eigenvalue weighted by Crippen LogP contribution is -2.10. The number of aromatic nitrogens is 3. The molecule has 0 spiro atoms. The maximum atomic E-state index is 12.6. The number of amides is 1. The largest absolute Gasteiger partial charge is 0.418 e. The smallest absolute Gasteiger partial charge is 0.416 e. The number of nitrogens with zero attached hydrogens (tertiary/aromatic N) is 3. The topological polar surface area (TPSA) is 101 Å². The van der Waals surface area contributed by atoms with E-state index in [0.29, 0.717) is 16.8 Å². The maximum Gasteiger partial charge on any atom is 0.416 e. The Morgan fingerprint density at radius 3 is 2.53 bits per heavy atom. The maximum absolute atomic E-state index is 12.6. The number of aliphatic hydroxyl groups is 1. The van der Waals surface area contributed by atoms with Crippen LogP contribution in [0.3, 0.4) is 0 Å². The first-order valence-electron chi connectivity index (χ1n) is 8.43. The van der Waals surface area contributed by atoms with Crippen LogP contribution in [0.4, 0.5) is 18.9 Å². The molecule has 0 aliphatic heterocycles. The summed E-state index contributed by atoms with van der Waals surface area (Å²) in [5, 5.41) is 19.1. The standard InChI is InChI=1S/C19H14ClF3N4O3/c1-10(6-15(29)25-13-4-2-12(3-5-13)19(21,22)23)17-14(20)7-11(8-24-17)18-27-26-16(9-28)30-18/h2-8,28H,9H2,1H3,(H,25,29). The summed E-state index contributed by atoms with van der Waals surface area (Å²) in [4.78, 5) is 16.4. The number of nitrogens with one attached hydrogen (secondary N) is 1. The van der Waals surface area contributed by atoms with Gasteiger partial charge in [0.25, 0.3) is 0 Å². The Bertz CT molecular complexity index is 1100. The van der Waals surface area contributed by atoms with E-state index in [1.165, 1.54) is 18.3 Å². The zero-order valence-electron chi connectivity index (χ0n) is 15.4. The highest BCUT2D eigenvalue weighted by atomic mass is 35.5. The molecule has 2 heterocycles. The van der Waals surface area contributed by atoms with E-state index in [1.54, 1.807) is 6.92 Å². The molecule has 3 rings (SSSR count). The number of pyridine rings is 1. The number of allylic oxidation sites excluding steroid dienone is 1. The van der Waals surface area contributed by atoms with Gasteiger partial charge in [-0.2, -0.15) is 13.2 Å². The van der Waals surface area contributed by atoms with Gasteiger partial charge in [-0.15, -0.1) is 10.2 Å². The summed E-state index contributed by atoms with van der Waals surface area (Å²) in [6.07, 6.45) is -1.81. The van der Waals surface area contributed by atoms with E-state index in [2.05, 4.69) is 20.5 Å². The summed E-state index contributed by atoms with van der Waals surface area (Å²) in [5.41, 5.74) is 0.582. The Morgan fingerprint density at radius 2 is 1.97 bits per heavy atom. The van der Waals surface area contributed by atoms with Crippen LogP contribution in [0.15, 0.2) is 47.0 Å². The summed E-state index contributed by atoms with van der Waals surface area (Å²) in [6, 6.07) is 5.60. The number of halogens is 4. The number of hydrogen-bond acceptors (Lipinski definition) is 6. The lowest BCUT2D eigenvalue weighted by molar-refractivity contribution is -0.137. The second-order valence-electron chi connectivity index (χ2n) is 6.11. The average Bonchev–Trinajstić information content (AvgIpc) is 3.16. The van der Waals surface area contributed by atoms with E-state index in [-0.39, 0.29) is 22.5 Å². The van der Waals surface area contributed by atoms with Crippen molar-refractivity contribution in [3.63, 3.8) is 0 Å². The van der Waals surface area contributed by atoms with Crippen molar-refractivity contribution in [1.29, 1.82) is 0 Å². The number of hydrogen-bond donors (Lipinski definition) is 2. The van der Waals surface area contributed by atoms with Gasteiger partial charge in [0.05, 0.1) is 21.8 Å². The summed E-state index contributed by atoms with van der Waals surface area (Å²) >= 11 is 6.24. The minimum Gasteiger partial charge on any atom is -0.418 e. The zero-order valence-corrected chi connectivity index (χ0v) is 16.1. The number of rotatable bonds is 5. The van der Waals surface area contributed by atoms with Crippen molar-refractivity contribution in [2.45, 2.75) is 19.7 Å². The fourth-order valence-corrected chi connectivity index (χ4v) is 2.78. The van der Waals surface area contributed by atoms with Gasteiger partial charge < -0.3 is 14.8 Å². The van der Waals surface area contributed by atoms with Gasteiger partial charge in [0.2, 0.25) is 17.7 Å². The van der Waals surface area contributed by atoms with Crippen LogP contribution in [0.25, 0.3) is 17.0 Å². The summed E-state index contributed by atoms with van der Waals surface area (Å²) in [6.45, 7) is 1.21. The van der Waals surface area contributed by atoms with E-state index in [9.17, 15) is 18.0 Å². The molecule has 0 aliphatic rings. The summed E-state index contributed by atoms with van der Waals surface area (Å²) in [7, 11) is 0. The zero-order chi connectivity index (χ0) is 21.9. The van der Waals surface area contributed by atoms with Crippen molar-refractivity contribution >= 4 is 28.8 Å². The predicted octanol–water partition coefficient (Wildman–Crippen LogP) is 4.34. The van der Waals surface area contributed by atoms with Crippen LogP contribution in [-0.4, -0.2) is 26.2 Å². The first-order valence-corrected chi connectivity index (χ1v) is 8.81. The molecule has 0 saturated heterocycles. The number of benzene rings is 1.